The maximum atomic E-state index is 12.3. The van der Waals surface area contributed by atoms with Crippen molar-refractivity contribution in [3.05, 3.63) is 45.8 Å². The Morgan fingerprint density at radius 3 is 2.75 bits per heavy atom. The first kappa shape index (κ1) is 15.3. The van der Waals surface area contributed by atoms with Crippen LogP contribution in [0.1, 0.15) is 11.1 Å². The third kappa shape index (κ3) is 3.52. The fourth-order valence-corrected chi connectivity index (χ4v) is 4.20. The summed E-state index contributed by atoms with van der Waals surface area (Å²) in [4.78, 5) is 0. The van der Waals surface area contributed by atoms with Crippen molar-refractivity contribution in [3.8, 4) is 0 Å². The maximum absolute atomic E-state index is 12.3. The summed E-state index contributed by atoms with van der Waals surface area (Å²) in [7, 11) is -1.78. The van der Waals surface area contributed by atoms with E-state index >= 15 is 0 Å². The van der Waals surface area contributed by atoms with E-state index in [0.717, 1.165) is 11.1 Å². The molecule has 0 fully saturated rings. The second kappa shape index (κ2) is 6.13. The standard InChI is InChI=1S/C13H15ClN2O2S2/c1-9-3-4-11(14)12(5-9)16-20(17,18)13-6-10(7-15-2)8-19-13/h3-6,8,15-16H,7H2,1-2H3. The van der Waals surface area contributed by atoms with Crippen molar-refractivity contribution >= 4 is 38.6 Å². The first-order valence-electron chi connectivity index (χ1n) is 5.93. The van der Waals surface area contributed by atoms with Crippen LogP contribution >= 0.6 is 22.9 Å². The Kier molecular flexibility index (Phi) is 4.70. The molecule has 0 spiro atoms. The Bertz CT molecular complexity index is 711. The van der Waals surface area contributed by atoms with Crippen LogP contribution in [-0.2, 0) is 16.6 Å². The number of thiophene rings is 1. The lowest BCUT2D eigenvalue weighted by Gasteiger charge is -2.08. The molecule has 0 saturated carbocycles. The van der Waals surface area contributed by atoms with Gasteiger partial charge in [-0.25, -0.2) is 8.42 Å². The number of nitrogens with one attached hydrogen (secondary N) is 2. The summed E-state index contributed by atoms with van der Waals surface area (Å²) in [6, 6.07) is 6.88. The lowest BCUT2D eigenvalue weighted by atomic mass is 10.2. The second-order valence-electron chi connectivity index (χ2n) is 4.39. The minimum atomic E-state index is -3.59. The van der Waals surface area contributed by atoms with Crippen molar-refractivity contribution in [1.29, 1.82) is 0 Å². The molecule has 0 bridgehead atoms. The fourth-order valence-electron chi connectivity index (χ4n) is 1.70. The molecule has 4 nitrogen and oxygen atoms in total. The van der Waals surface area contributed by atoms with Gasteiger partial charge in [-0.1, -0.05) is 17.7 Å². The van der Waals surface area contributed by atoms with Gasteiger partial charge in [0.15, 0.2) is 0 Å². The summed E-state index contributed by atoms with van der Waals surface area (Å²) in [5, 5.41) is 5.19. The number of benzene rings is 1. The maximum Gasteiger partial charge on any atom is 0.271 e. The molecule has 0 aliphatic rings. The predicted molar refractivity (Wildman–Crippen MR) is 84.1 cm³/mol. The molecule has 0 unspecified atom stereocenters. The van der Waals surface area contributed by atoms with E-state index in [9.17, 15) is 8.42 Å². The van der Waals surface area contributed by atoms with Crippen LogP contribution in [0.4, 0.5) is 5.69 Å². The highest BCUT2D eigenvalue weighted by Gasteiger charge is 2.18. The second-order valence-corrected chi connectivity index (χ2v) is 7.62. The smallest absolute Gasteiger partial charge is 0.271 e. The summed E-state index contributed by atoms with van der Waals surface area (Å²) in [6.07, 6.45) is 0. The molecule has 7 heteroatoms. The molecule has 2 aromatic rings. The zero-order valence-electron chi connectivity index (χ0n) is 11.1. The Labute approximate surface area is 127 Å². The van der Waals surface area contributed by atoms with E-state index in [1.54, 1.807) is 18.2 Å². The average Bonchev–Trinajstić information content (AvgIpc) is 2.83. The van der Waals surface area contributed by atoms with Gasteiger partial charge in [-0.05, 0) is 48.7 Å². The van der Waals surface area contributed by atoms with Gasteiger partial charge in [-0.2, -0.15) is 0 Å². The van der Waals surface area contributed by atoms with E-state index in [4.69, 9.17) is 11.6 Å². The van der Waals surface area contributed by atoms with Crippen molar-refractivity contribution in [2.75, 3.05) is 11.8 Å². The summed E-state index contributed by atoms with van der Waals surface area (Å²) in [6.45, 7) is 2.52. The van der Waals surface area contributed by atoms with Gasteiger partial charge in [0.2, 0.25) is 0 Å². The molecule has 0 atom stereocenters. The van der Waals surface area contributed by atoms with Crippen LogP contribution in [0.3, 0.4) is 0 Å². The molecule has 0 aliphatic heterocycles. The zero-order chi connectivity index (χ0) is 14.8. The molecular formula is C13H15ClN2O2S2. The first-order chi connectivity index (χ1) is 9.42. The van der Waals surface area contributed by atoms with Crippen LogP contribution in [0.2, 0.25) is 5.02 Å². The molecule has 2 N–H and O–H groups in total. The molecule has 0 radical (unpaired) electrons. The van der Waals surface area contributed by atoms with Gasteiger partial charge in [-0.3, -0.25) is 4.72 Å². The number of hydrogen-bond acceptors (Lipinski definition) is 4. The van der Waals surface area contributed by atoms with Crippen molar-refractivity contribution in [3.63, 3.8) is 0 Å². The van der Waals surface area contributed by atoms with Crippen molar-refractivity contribution < 1.29 is 8.42 Å². The van der Waals surface area contributed by atoms with Crippen molar-refractivity contribution in [2.24, 2.45) is 0 Å². The zero-order valence-corrected chi connectivity index (χ0v) is 13.5. The molecule has 0 aliphatic carbocycles. The van der Waals surface area contributed by atoms with Gasteiger partial charge < -0.3 is 5.32 Å². The van der Waals surface area contributed by atoms with Gasteiger partial charge in [0.05, 0.1) is 10.7 Å². The summed E-state index contributed by atoms with van der Waals surface area (Å²) < 4.78 is 27.4. The van der Waals surface area contributed by atoms with Crippen LogP contribution in [0.25, 0.3) is 0 Å². The van der Waals surface area contributed by atoms with E-state index in [0.29, 0.717) is 17.3 Å². The molecule has 0 amide bonds. The normalized spacial score (nSPS) is 11.6. The van der Waals surface area contributed by atoms with E-state index in [-0.39, 0.29) is 4.21 Å². The largest absolute Gasteiger partial charge is 0.316 e. The van der Waals surface area contributed by atoms with Crippen LogP contribution in [-0.4, -0.2) is 15.5 Å². The average molecular weight is 331 g/mol. The van der Waals surface area contributed by atoms with Crippen LogP contribution in [0.5, 0.6) is 0 Å². The summed E-state index contributed by atoms with van der Waals surface area (Å²) in [5.41, 5.74) is 2.28. The van der Waals surface area contributed by atoms with Crippen LogP contribution in [0, 0.1) is 6.92 Å². The topological polar surface area (TPSA) is 58.2 Å². The van der Waals surface area contributed by atoms with Gasteiger partial charge in [0.25, 0.3) is 10.0 Å². The molecule has 20 heavy (non-hydrogen) atoms. The minimum absolute atomic E-state index is 0.278. The van der Waals surface area contributed by atoms with E-state index in [1.165, 1.54) is 11.3 Å². The third-order valence-corrected chi connectivity index (χ3v) is 5.83. The Hall–Kier alpha value is -1.08. The molecule has 0 saturated heterocycles. The van der Waals surface area contributed by atoms with E-state index in [1.807, 2.05) is 25.4 Å². The number of hydrogen-bond donors (Lipinski definition) is 2. The van der Waals surface area contributed by atoms with Gasteiger partial charge in [-0.15, -0.1) is 11.3 Å². The molecule has 1 heterocycles. The monoisotopic (exact) mass is 330 g/mol. The van der Waals surface area contributed by atoms with E-state index < -0.39 is 10.0 Å². The number of sulfonamides is 1. The molecule has 1 aromatic heterocycles. The van der Waals surface area contributed by atoms with Gasteiger partial charge in [0, 0.05) is 6.54 Å². The molecule has 108 valence electrons. The number of anilines is 1. The number of rotatable bonds is 5. The molecule has 1 aromatic carbocycles. The summed E-state index contributed by atoms with van der Waals surface area (Å²) in [5.74, 6) is 0. The lowest BCUT2D eigenvalue weighted by Crippen LogP contribution is -2.12. The van der Waals surface area contributed by atoms with Crippen molar-refractivity contribution in [1.82, 2.24) is 5.32 Å². The van der Waals surface area contributed by atoms with Crippen LogP contribution in [0.15, 0.2) is 33.9 Å². The van der Waals surface area contributed by atoms with Gasteiger partial charge >= 0.3 is 0 Å². The van der Waals surface area contributed by atoms with Crippen molar-refractivity contribution in [2.45, 2.75) is 17.7 Å². The predicted octanol–water partition coefficient (Wildman–Crippen LogP) is 3.23. The highest BCUT2D eigenvalue weighted by atomic mass is 35.5. The lowest BCUT2D eigenvalue weighted by molar-refractivity contribution is 0.603. The first-order valence-corrected chi connectivity index (χ1v) is 8.67. The quantitative estimate of drug-likeness (QED) is 0.885. The van der Waals surface area contributed by atoms with Gasteiger partial charge in [0.1, 0.15) is 4.21 Å². The third-order valence-electron chi connectivity index (χ3n) is 2.64. The molecular weight excluding hydrogens is 316 g/mol. The van der Waals surface area contributed by atoms with E-state index in [2.05, 4.69) is 10.0 Å². The fraction of sp³-hybridized carbons (Fsp3) is 0.231. The highest BCUT2D eigenvalue weighted by Crippen LogP contribution is 2.28. The SMILES string of the molecule is CNCc1csc(S(=O)(=O)Nc2cc(C)ccc2Cl)c1. The number of halogens is 1. The molecule has 2 rings (SSSR count). The Morgan fingerprint density at radius 1 is 1.30 bits per heavy atom. The minimum Gasteiger partial charge on any atom is -0.316 e. The Morgan fingerprint density at radius 2 is 2.05 bits per heavy atom. The number of aryl methyl sites for hydroxylation is 1. The summed E-state index contributed by atoms with van der Waals surface area (Å²) >= 11 is 7.20. The Balaban J connectivity index is 2.28. The highest BCUT2D eigenvalue weighted by molar-refractivity contribution is 7.94. The van der Waals surface area contributed by atoms with Crippen LogP contribution < -0.4 is 10.0 Å².